The first kappa shape index (κ1) is 11.9. The average molecular weight is 207 g/mol. The Morgan fingerprint density at radius 3 is 2.67 bits per heavy atom. The van der Waals surface area contributed by atoms with Crippen LogP contribution < -0.4 is 10.1 Å². The lowest BCUT2D eigenvalue weighted by atomic mass is 10.0. The highest BCUT2D eigenvalue weighted by Crippen LogP contribution is 2.19. The molecule has 1 aromatic rings. The van der Waals surface area contributed by atoms with Gasteiger partial charge in [-0.15, -0.1) is 0 Å². The van der Waals surface area contributed by atoms with Gasteiger partial charge in [-0.1, -0.05) is 26.3 Å². The van der Waals surface area contributed by atoms with Crippen LogP contribution in [0.5, 0.6) is 5.75 Å². The third-order valence-corrected chi connectivity index (χ3v) is 2.96. The van der Waals surface area contributed by atoms with E-state index in [0.29, 0.717) is 12.0 Å². The van der Waals surface area contributed by atoms with Crippen LogP contribution in [0.2, 0.25) is 0 Å². The topological polar surface area (TPSA) is 21.3 Å². The van der Waals surface area contributed by atoms with E-state index in [1.165, 1.54) is 6.42 Å². The van der Waals surface area contributed by atoms with Gasteiger partial charge >= 0.3 is 0 Å². The van der Waals surface area contributed by atoms with Crippen LogP contribution in [0, 0.1) is 5.92 Å². The molecule has 1 rings (SSSR count). The number of hydrogen-bond acceptors (Lipinski definition) is 2. The second kappa shape index (κ2) is 5.64. The van der Waals surface area contributed by atoms with E-state index in [4.69, 9.17) is 4.74 Å². The maximum atomic E-state index is 5.18. The molecule has 0 aliphatic rings. The maximum absolute atomic E-state index is 5.18. The Morgan fingerprint density at radius 2 is 2.07 bits per heavy atom. The summed E-state index contributed by atoms with van der Waals surface area (Å²) < 4.78 is 5.18. The van der Waals surface area contributed by atoms with Crippen LogP contribution in [-0.4, -0.2) is 13.2 Å². The lowest BCUT2D eigenvalue weighted by molar-refractivity contribution is 0.415. The van der Waals surface area contributed by atoms with Gasteiger partial charge in [0, 0.05) is 17.8 Å². The highest BCUT2D eigenvalue weighted by Gasteiger charge is 2.09. The first-order chi connectivity index (χ1) is 7.17. The Morgan fingerprint density at radius 1 is 1.33 bits per heavy atom. The summed E-state index contributed by atoms with van der Waals surface area (Å²) in [5.74, 6) is 1.58. The molecule has 0 spiro atoms. The summed E-state index contributed by atoms with van der Waals surface area (Å²) >= 11 is 0. The summed E-state index contributed by atoms with van der Waals surface area (Å²) in [7, 11) is 1.69. The van der Waals surface area contributed by atoms with Gasteiger partial charge in [0.15, 0.2) is 0 Å². The number of anilines is 1. The minimum atomic E-state index is 0.488. The predicted molar refractivity (Wildman–Crippen MR) is 65.5 cm³/mol. The van der Waals surface area contributed by atoms with Gasteiger partial charge in [0.05, 0.1) is 7.11 Å². The molecule has 2 nitrogen and oxygen atoms in total. The Hall–Kier alpha value is -1.18. The highest BCUT2D eigenvalue weighted by atomic mass is 16.5. The summed E-state index contributed by atoms with van der Waals surface area (Å²) in [5, 5.41) is 3.49. The lowest BCUT2D eigenvalue weighted by Gasteiger charge is -2.21. The average Bonchev–Trinajstić information content (AvgIpc) is 2.28. The number of methoxy groups -OCH3 is 1. The van der Waals surface area contributed by atoms with E-state index in [1.807, 2.05) is 18.2 Å². The van der Waals surface area contributed by atoms with Crippen LogP contribution in [0.15, 0.2) is 24.3 Å². The van der Waals surface area contributed by atoms with Crippen molar-refractivity contribution in [1.82, 2.24) is 0 Å². The first-order valence-corrected chi connectivity index (χ1v) is 5.58. The Labute approximate surface area is 92.6 Å². The molecule has 0 aromatic heterocycles. The van der Waals surface area contributed by atoms with Crippen molar-refractivity contribution in [3.05, 3.63) is 24.3 Å². The first-order valence-electron chi connectivity index (χ1n) is 5.58. The van der Waals surface area contributed by atoms with E-state index in [9.17, 15) is 0 Å². The van der Waals surface area contributed by atoms with Gasteiger partial charge < -0.3 is 10.1 Å². The fourth-order valence-electron chi connectivity index (χ4n) is 1.47. The Bertz CT molecular complexity index is 298. The fraction of sp³-hybridized carbons (Fsp3) is 0.538. The van der Waals surface area contributed by atoms with Gasteiger partial charge in [0.2, 0.25) is 0 Å². The minimum absolute atomic E-state index is 0.488. The van der Waals surface area contributed by atoms with Crippen LogP contribution in [0.4, 0.5) is 5.69 Å². The zero-order valence-electron chi connectivity index (χ0n) is 10.1. The second-order valence-electron chi connectivity index (χ2n) is 4.05. The van der Waals surface area contributed by atoms with Crippen molar-refractivity contribution in [2.24, 2.45) is 5.92 Å². The van der Waals surface area contributed by atoms with Crippen LogP contribution >= 0.6 is 0 Å². The van der Waals surface area contributed by atoms with Crippen molar-refractivity contribution in [2.75, 3.05) is 12.4 Å². The molecule has 0 amide bonds. The normalized spacial score (nSPS) is 14.4. The summed E-state index contributed by atoms with van der Waals surface area (Å²) in [6.07, 6.45) is 1.19. The van der Waals surface area contributed by atoms with E-state index in [-0.39, 0.29) is 0 Å². The molecule has 0 fully saturated rings. The fourth-order valence-corrected chi connectivity index (χ4v) is 1.47. The van der Waals surface area contributed by atoms with E-state index in [0.717, 1.165) is 11.4 Å². The number of rotatable bonds is 5. The number of benzene rings is 1. The van der Waals surface area contributed by atoms with E-state index < -0.39 is 0 Å². The zero-order valence-corrected chi connectivity index (χ0v) is 10.1. The molecule has 2 heteroatoms. The maximum Gasteiger partial charge on any atom is 0.120 e. The van der Waals surface area contributed by atoms with E-state index in [1.54, 1.807) is 7.11 Å². The molecule has 0 aliphatic heterocycles. The highest BCUT2D eigenvalue weighted by molar-refractivity contribution is 5.48. The number of hydrogen-bond donors (Lipinski definition) is 1. The van der Waals surface area contributed by atoms with Crippen molar-refractivity contribution < 1.29 is 4.74 Å². The van der Waals surface area contributed by atoms with Gasteiger partial charge in [0.1, 0.15) is 5.75 Å². The molecule has 15 heavy (non-hydrogen) atoms. The van der Waals surface area contributed by atoms with Gasteiger partial charge in [-0.25, -0.2) is 0 Å². The molecular weight excluding hydrogens is 186 g/mol. The molecule has 0 radical (unpaired) electrons. The SMILES string of the molecule is CC[C@H](C)[C@@H](C)Nc1cccc(OC)c1. The molecular formula is C13H21NO. The van der Waals surface area contributed by atoms with Crippen molar-refractivity contribution in [3.63, 3.8) is 0 Å². The van der Waals surface area contributed by atoms with E-state index >= 15 is 0 Å². The molecule has 84 valence electrons. The second-order valence-corrected chi connectivity index (χ2v) is 4.05. The van der Waals surface area contributed by atoms with Crippen molar-refractivity contribution in [1.29, 1.82) is 0 Å². The zero-order chi connectivity index (χ0) is 11.3. The smallest absolute Gasteiger partial charge is 0.120 e. The molecule has 1 N–H and O–H groups in total. The number of nitrogens with one attached hydrogen (secondary N) is 1. The largest absolute Gasteiger partial charge is 0.497 e. The summed E-state index contributed by atoms with van der Waals surface area (Å²) in [6.45, 7) is 6.69. The van der Waals surface area contributed by atoms with Crippen LogP contribution in [0.1, 0.15) is 27.2 Å². The monoisotopic (exact) mass is 207 g/mol. The van der Waals surface area contributed by atoms with Crippen molar-refractivity contribution >= 4 is 5.69 Å². The van der Waals surface area contributed by atoms with Crippen LogP contribution in [0.25, 0.3) is 0 Å². The summed E-state index contributed by atoms with van der Waals surface area (Å²) in [5.41, 5.74) is 1.13. The lowest BCUT2D eigenvalue weighted by Crippen LogP contribution is -2.23. The van der Waals surface area contributed by atoms with Gasteiger partial charge in [-0.2, -0.15) is 0 Å². The van der Waals surface area contributed by atoms with Gasteiger partial charge in [-0.3, -0.25) is 0 Å². The van der Waals surface area contributed by atoms with Gasteiger partial charge in [0.25, 0.3) is 0 Å². The summed E-state index contributed by atoms with van der Waals surface area (Å²) in [4.78, 5) is 0. The predicted octanol–water partition coefficient (Wildman–Crippen LogP) is 3.54. The van der Waals surface area contributed by atoms with Crippen molar-refractivity contribution in [2.45, 2.75) is 33.2 Å². The Balaban J connectivity index is 2.63. The molecule has 0 heterocycles. The van der Waals surface area contributed by atoms with Crippen LogP contribution in [-0.2, 0) is 0 Å². The molecule has 0 saturated carbocycles. The summed E-state index contributed by atoms with van der Waals surface area (Å²) in [6, 6.07) is 8.55. The standard InChI is InChI=1S/C13H21NO/c1-5-10(2)11(3)14-12-7-6-8-13(9-12)15-4/h6-11,14H,5H2,1-4H3/t10-,11+/m0/s1. The molecule has 1 aromatic carbocycles. The quantitative estimate of drug-likeness (QED) is 0.797. The minimum Gasteiger partial charge on any atom is -0.497 e. The molecule has 2 atom stereocenters. The molecule has 0 bridgehead atoms. The van der Waals surface area contributed by atoms with Crippen molar-refractivity contribution in [3.8, 4) is 5.75 Å². The van der Waals surface area contributed by atoms with E-state index in [2.05, 4.69) is 32.2 Å². The molecule has 0 aliphatic carbocycles. The molecule has 0 saturated heterocycles. The number of ether oxygens (including phenoxy) is 1. The third-order valence-electron chi connectivity index (χ3n) is 2.96. The molecule has 0 unspecified atom stereocenters. The van der Waals surface area contributed by atoms with Gasteiger partial charge in [-0.05, 0) is 25.0 Å². The third kappa shape index (κ3) is 3.46. The Kier molecular flexibility index (Phi) is 4.47. The van der Waals surface area contributed by atoms with Crippen LogP contribution in [0.3, 0.4) is 0 Å².